The number of amides is 1. The molecule has 0 spiro atoms. The minimum atomic E-state index is -0.877. The standard InChI is InChI=1S/C20H27NO6/c1-5-25-17(22)15-11-16(21(12-15)19(24)27-20(2,3)4)18(23)26-13-14-9-7-6-8-10-14/h6-10,15-16H,5,11-13H2,1-4H3/t15-,16+/m1/s1. The van der Waals surface area contributed by atoms with Crippen LogP contribution in [-0.2, 0) is 30.4 Å². The van der Waals surface area contributed by atoms with E-state index in [0.717, 1.165) is 5.56 Å². The molecular formula is C20H27NO6. The number of hydrogen-bond acceptors (Lipinski definition) is 6. The number of benzene rings is 1. The van der Waals surface area contributed by atoms with E-state index >= 15 is 0 Å². The molecule has 1 heterocycles. The Hall–Kier alpha value is -2.57. The van der Waals surface area contributed by atoms with E-state index in [9.17, 15) is 14.4 Å². The van der Waals surface area contributed by atoms with Gasteiger partial charge in [0.05, 0.1) is 12.5 Å². The van der Waals surface area contributed by atoms with Gasteiger partial charge in [0.25, 0.3) is 0 Å². The van der Waals surface area contributed by atoms with Gasteiger partial charge in [0, 0.05) is 6.54 Å². The summed E-state index contributed by atoms with van der Waals surface area (Å²) < 4.78 is 15.8. The lowest BCUT2D eigenvalue weighted by molar-refractivity contribution is -0.150. The second-order valence-electron chi connectivity index (χ2n) is 7.43. The number of ether oxygens (including phenoxy) is 3. The molecule has 0 unspecified atom stereocenters. The number of rotatable bonds is 5. The van der Waals surface area contributed by atoms with E-state index in [1.54, 1.807) is 27.7 Å². The summed E-state index contributed by atoms with van der Waals surface area (Å²) in [4.78, 5) is 38.5. The Bertz CT molecular complexity index is 667. The van der Waals surface area contributed by atoms with E-state index in [1.807, 2.05) is 30.3 Å². The summed E-state index contributed by atoms with van der Waals surface area (Å²) in [6.07, 6.45) is -0.484. The molecule has 1 amide bonds. The molecule has 1 aliphatic rings. The summed E-state index contributed by atoms with van der Waals surface area (Å²) in [5, 5.41) is 0. The van der Waals surface area contributed by atoms with Crippen LogP contribution in [0.25, 0.3) is 0 Å². The molecule has 0 aromatic heterocycles. The Morgan fingerprint density at radius 2 is 1.74 bits per heavy atom. The van der Waals surface area contributed by atoms with Gasteiger partial charge in [0.1, 0.15) is 18.2 Å². The number of hydrogen-bond donors (Lipinski definition) is 0. The van der Waals surface area contributed by atoms with E-state index in [-0.39, 0.29) is 26.2 Å². The van der Waals surface area contributed by atoms with E-state index in [0.29, 0.717) is 0 Å². The van der Waals surface area contributed by atoms with Crippen molar-refractivity contribution in [3.05, 3.63) is 35.9 Å². The van der Waals surface area contributed by atoms with Gasteiger partial charge in [-0.1, -0.05) is 30.3 Å². The Labute approximate surface area is 159 Å². The van der Waals surface area contributed by atoms with E-state index in [1.165, 1.54) is 4.90 Å². The molecule has 1 aromatic carbocycles. The number of likely N-dealkylation sites (tertiary alicyclic amines) is 1. The first kappa shape index (κ1) is 20.7. The molecule has 148 valence electrons. The molecule has 2 atom stereocenters. The van der Waals surface area contributed by atoms with Crippen LogP contribution >= 0.6 is 0 Å². The SMILES string of the molecule is CCOC(=O)[C@@H]1C[C@@H](C(=O)OCc2ccccc2)N(C(=O)OC(C)(C)C)C1. The lowest BCUT2D eigenvalue weighted by Crippen LogP contribution is -2.44. The van der Waals surface area contributed by atoms with Crippen molar-refractivity contribution >= 4 is 18.0 Å². The maximum atomic E-state index is 12.6. The summed E-state index contributed by atoms with van der Waals surface area (Å²) >= 11 is 0. The van der Waals surface area contributed by atoms with Crippen molar-refractivity contribution in [2.24, 2.45) is 5.92 Å². The fourth-order valence-corrected chi connectivity index (χ4v) is 2.84. The van der Waals surface area contributed by atoms with Crippen molar-refractivity contribution in [1.82, 2.24) is 4.90 Å². The van der Waals surface area contributed by atoms with Gasteiger partial charge in [0.15, 0.2) is 0 Å². The predicted octanol–water partition coefficient (Wildman–Crippen LogP) is 2.92. The monoisotopic (exact) mass is 377 g/mol. The number of carbonyl (C=O) groups excluding carboxylic acids is 3. The van der Waals surface area contributed by atoms with Crippen LogP contribution < -0.4 is 0 Å². The van der Waals surface area contributed by atoms with Gasteiger partial charge in [0.2, 0.25) is 0 Å². The fraction of sp³-hybridized carbons (Fsp3) is 0.550. The third kappa shape index (κ3) is 5.98. The van der Waals surface area contributed by atoms with Crippen LogP contribution in [0.1, 0.15) is 39.7 Å². The smallest absolute Gasteiger partial charge is 0.411 e. The molecule has 27 heavy (non-hydrogen) atoms. The zero-order chi connectivity index (χ0) is 20.0. The zero-order valence-corrected chi connectivity index (χ0v) is 16.3. The van der Waals surface area contributed by atoms with E-state index < -0.39 is 35.6 Å². The Morgan fingerprint density at radius 3 is 2.33 bits per heavy atom. The van der Waals surface area contributed by atoms with Crippen LogP contribution in [0, 0.1) is 5.92 Å². The molecule has 7 nitrogen and oxygen atoms in total. The van der Waals surface area contributed by atoms with Gasteiger partial charge >= 0.3 is 18.0 Å². The Kier molecular flexibility index (Phi) is 6.82. The average Bonchev–Trinajstić information content (AvgIpc) is 3.05. The summed E-state index contributed by atoms with van der Waals surface area (Å²) in [6.45, 7) is 7.35. The van der Waals surface area contributed by atoms with Crippen LogP contribution in [0.15, 0.2) is 30.3 Å². The van der Waals surface area contributed by atoms with Crippen molar-refractivity contribution in [3.63, 3.8) is 0 Å². The summed E-state index contributed by atoms with van der Waals surface area (Å²) in [5.41, 5.74) is 0.132. The maximum Gasteiger partial charge on any atom is 0.411 e. The molecule has 1 aliphatic heterocycles. The van der Waals surface area contributed by atoms with Crippen molar-refractivity contribution in [1.29, 1.82) is 0 Å². The van der Waals surface area contributed by atoms with Crippen LogP contribution in [-0.4, -0.2) is 47.7 Å². The highest BCUT2D eigenvalue weighted by Crippen LogP contribution is 2.27. The molecule has 0 N–H and O–H groups in total. The third-order valence-corrected chi connectivity index (χ3v) is 4.05. The van der Waals surface area contributed by atoms with Crippen molar-refractivity contribution in [2.45, 2.75) is 52.4 Å². The molecule has 2 rings (SSSR count). The summed E-state index contributed by atoms with van der Waals surface area (Å²) in [5.74, 6) is -1.56. The van der Waals surface area contributed by atoms with Crippen LogP contribution in [0.5, 0.6) is 0 Å². The topological polar surface area (TPSA) is 82.1 Å². The summed E-state index contributed by atoms with van der Waals surface area (Å²) in [7, 11) is 0. The average molecular weight is 377 g/mol. The highest BCUT2D eigenvalue weighted by Gasteiger charge is 2.45. The third-order valence-electron chi connectivity index (χ3n) is 4.05. The first-order valence-electron chi connectivity index (χ1n) is 9.08. The van der Waals surface area contributed by atoms with Gasteiger partial charge in [-0.05, 0) is 39.7 Å². The lowest BCUT2D eigenvalue weighted by atomic mass is 10.1. The van der Waals surface area contributed by atoms with Gasteiger partial charge < -0.3 is 14.2 Å². The molecule has 0 aliphatic carbocycles. The highest BCUT2D eigenvalue weighted by molar-refractivity contribution is 5.85. The second kappa shape index (κ2) is 8.88. The van der Waals surface area contributed by atoms with Crippen LogP contribution in [0.3, 0.4) is 0 Å². The van der Waals surface area contributed by atoms with Crippen molar-refractivity contribution < 1.29 is 28.6 Å². The minimum absolute atomic E-state index is 0.0683. The zero-order valence-electron chi connectivity index (χ0n) is 16.3. The number of nitrogens with zero attached hydrogens (tertiary/aromatic N) is 1. The van der Waals surface area contributed by atoms with Crippen LogP contribution in [0.4, 0.5) is 4.79 Å². The predicted molar refractivity (Wildman–Crippen MR) is 97.7 cm³/mol. The van der Waals surface area contributed by atoms with E-state index in [2.05, 4.69) is 0 Å². The molecule has 1 saturated heterocycles. The highest BCUT2D eigenvalue weighted by atomic mass is 16.6. The number of esters is 2. The van der Waals surface area contributed by atoms with Gasteiger partial charge in [-0.3, -0.25) is 9.69 Å². The largest absolute Gasteiger partial charge is 0.466 e. The van der Waals surface area contributed by atoms with Gasteiger partial charge in [-0.25, -0.2) is 9.59 Å². The quantitative estimate of drug-likeness (QED) is 0.580. The molecule has 7 heteroatoms. The van der Waals surface area contributed by atoms with Crippen molar-refractivity contribution in [3.8, 4) is 0 Å². The maximum absolute atomic E-state index is 12.6. The van der Waals surface area contributed by atoms with E-state index in [4.69, 9.17) is 14.2 Å². The Morgan fingerprint density at radius 1 is 1.07 bits per heavy atom. The van der Waals surface area contributed by atoms with Gasteiger partial charge in [-0.2, -0.15) is 0 Å². The van der Waals surface area contributed by atoms with Crippen LogP contribution in [0.2, 0.25) is 0 Å². The minimum Gasteiger partial charge on any atom is -0.466 e. The first-order valence-corrected chi connectivity index (χ1v) is 9.08. The molecular weight excluding hydrogens is 350 g/mol. The molecule has 1 aromatic rings. The Balaban J connectivity index is 2.09. The van der Waals surface area contributed by atoms with Gasteiger partial charge in [-0.15, -0.1) is 0 Å². The van der Waals surface area contributed by atoms with Crippen molar-refractivity contribution in [2.75, 3.05) is 13.2 Å². The first-order chi connectivity index (χ1) is 12.7. The molecule has 1 fully saturated rings. The molecule has 0 saturated carbocycles. The normalized spacial score (nSPS) is 19.5. The lowest BCUT2D eigenvalue weighted by Gasteiger charge is -2.27. The summed E-state index contributed by atoms with van der Waals surface area (Å²) in [6, 6.07) is 8.38. The fourth-order valence-electron chi connectivity index (χ4n) is 2.84. The molecule has 0 bridgehead atoms. The molecule has 0 radical (unpaired) electrons. The number of carbonyl (C=O) groups is 3. The second-order valence-corrected chi connectivity index (χ2v) is 7.43.